The molecule has 1 aromatic rings. The number of rotatable bonds is 3. The molecule has 0 aromatic heterocycles. The number of benzene rings is 1. The third kappa shape index (κ3) is 3.29. The molecule has 1 aliphatic heterocycles. The topological polar surface area (TPSA) is 38.5 Å². The van der Waals surface area contributed by atoms with Crippen LogP contribution in [-0.2, 0) is 0 Å². The molecule has 112 valence electrons. The van der Waals surface area contributed by atoms with Crippen molar-refractivity contribution in [2.45, 2.75) is 33.3 Å². The predicted octanol–water partition coefficient (Wildman–Crippen LogP) is 3.64. The minimum absolute atomic E-state index is 0.240. The van der Waals surface area contributed by atoms with Crippen molar-refractivity contribution >= 4 is 11.4 Å². The maximum absolute atomic E-state index is 13.5. The minimum Gasteiger partial charge on any atom is -0.432 e. The van der Waals surface area contributed by atoms with Crippen molar-refractivity contribution in [3.63, 3.8) is 0 Å². The van der Waals surface area contributed by atoms with Crippen LogP contribution in [0, 0.1) is 11.2 Å². The highest BCUT2D eigenvalue weighted by Crippen LogP contribution is 2.37. The van der Waals surface area contributed by atoms with Crippen molar-refractivity contribution in [3.05, 3.63) is 17.9 Å². The molecule has 0 unspecified atom stereocenters. The number of hydrogen-bond acceptors (Lipinski definition) is 3. The van der Waals surface area contributed by atoms with Crippen LogP contribution in [0.3, 0.4) is 0 Å². The van der Waals surface area contributed by atoms with Gasteiger partial charge in [0.15, 0.2) is 11.6 Å². The molecule has 6 heteroatoms. The summed E-state index contributed by atoms with van der Waals surface area (Å²) in [5.41, 5.74) is 6.85. The molecule has 0 radical (unpaired) electrons. The van der Waals surface area contributed by atoms with Gasteiger partial charge in [-0.1, -0.05) is 13.8 Å². The molecule has 0 atom stereocenters. The average molecular weight is 288 g/mol. The van der Waals surface area contributed by atoms with Crippen molar-refractivity contribution in [2.75, 3.05) is 23.7 Å². The van der Waals surface area contributed by atoms with Crippen molar-refractivity contribution < 1.29 is 17.9 Å². The zero-order valence-corrected chi connectivity index (χ0v) is 11.6. The molecular weight excluding hydrogens is 269 g/mol. The van der Waals surface area contributed by atoms with E-state index in [0.717, 1.165) is 32.0 Å². The summed E-state index contributed by atoms with van der Waals surface area (Å²) < 4.78 is 42.2. The van der Waals surface area contributed by atoms with Gasteiger partial charge in [-0.3, -0.25) is 0 Å². The van der Waals surface area contributed by atoms with E-state index in [1.807, 2.05) is 4.90 Å². The van der Waals surface area contributed by atoms with Crippen LogP contribution in [0.25, 0.3) is 0 Å². The minimum atomic E-state index is -3.05. The Hall–Kier alpha value is -1.59. The van der Waals surface area contributed by atoms with Gasteiger partial charge in [0, 0.05) is 25.2 Å². The molecule has 1 aromatic carbocycles. The number of hydrogen-bond donors (Lipinski definition) is 1. The molecule has 2 rings (SSSR count). The monoisotopic (exact) mass is 288 g/mol. The van der Waals surface area contributed by atoms with Gasteiger partial charge >= 0.3 is 6.61 Å². The van der Waals surface area contributed by atoms with Gasteiger partial charge in [-0.2, -0.15) is 8.78 Å². The Morgan fingerprint density at radius 2 is 1.85 bits per heavy atom. The standard InChI is InChI=1S/C14H19F3N2O/c1-14(2)3-5-19(6-4-14)11-8-12(20-13(16)17)9(15)7-10(11)18/h7-8,13H,3-6,18H2,1-2H3. The van der Waals surface area contributed by atoms with Crippen LogP contribution in [0.1, 0.15) is 26.7 Å². The van der Waals surface area contributed by atoms with E-state index in [4.69, 9.17) is 5.73 Å². The first-order valence-corrected chi connectivity index (χ1v) is 6.57. The van der Waals surface area contributed by atoms with Crippen LogP contribution in [0.2, 0.25) is 0 Å². The van der Waals surface area contributed by atoms with Gasteiger partial charge in [-0.25, -0.2) is 4.39 Å². The molecule has 1 aliphatic rings. The molecule has 3 nitrogen and oxygen atoms in total. The van der Waals surface area contributed by atoms with Crippen LogP contribution in [-0.4, -0.2) is 19.7 Å². The lowest BCUT2D eigenvalue weighted by Gasteiger charge is -2.38. The van der Waals surface area contributed by atoms with Crippen molar-refractivity contribution in [3.8, 4) is 5.75 Å². The lowest BCUT2D eigenvalue weighted by atomic mass is 9.82. The maximum Gasteiger partial charge on any atom is 0.387 e. The van der Waals surface area contributed by atoms with Gasteiger partial charge in [0.1, 0.15) is 0 Å². The van der Waals surface area contributed by atoms with E-state index in [1.54, 1.807) is 0 Å². The lowest BCUT2D eigenvalue weighted by molar-refractivity contribution is -0.0521. The number of nitrogen functional groups attached to an aromatic ring is 1. The number of ether oxygens (including phenoxy) is 1. The van der Waals surface area contributed by atoms with Gasteiger partial charge in [-0.05, 0) is 18.3 Å². The molecular formula is C14H19F3N2O. The Morgan fingerprint density at radius 1 is 1.25 bits per heavy atom. The van der Waals surface area contributed by atoms with E-state index in [1.165, 1.54) is 6.07 Å². The second-order valence-electron chi connectivity index (χ2n) is 5.87. The van der Waals surface area contributed by atoms with Crippen molar-refractivity contribution in [1.29, 1.82) is 0 Å². The Bertz CT molecular complexity index is 482. The largest absolute Gasteiger partial charge is 0.432 e. The number of nitrogens with two attached hydrogens (primary N) is 1. The fourth-order valence-corrected chi connectivity index (χ4v) is 2.37. The lowest BCUT2D eigenvalue weighted by Crippen LogP contribution is -2.37. The van der Waals surface area contributed by atoms with E-state index < -0.39 is 18.2 Å². The van der Waals surface area contributed by atoms with E-state index in [0.29, 0.717) is 5.69 Å². The SMILES string of the molecule is CC1(C)CCN(c2cc(OC(F)F)c(F)cc2N)CC1. The number of alkyl halides is 2. The molecule has 1 fully saturated rings. The summed E-state index contributed by atoms with van der Waals surface area (Å²) in [6.07, 6.45) is 1.93. The average Bonchev–Trinajstić information content (AvgIpc) is 2.33. The first-order chi connectivity index (χ1) is 9.28. The highest BCUT2D eigenvalue weighted by Gasteiger charge is 2.27. The van der Waals surface area contributed by atoms with Crippen LogP contribution < -0.4 is 15.4 Å². The number of piperidine rings is 1. The smallest absolute Gasteiger partial charge is 0.387 e. The molecule has 0 bridgehead atoms. The number of nitrogens with zero attached hydrogens (tertiary/aromatic N) is 1. The van der Waals surface area contributed by atoms with Gasteiger partial charge in [0.2, 0.25) is 0 Å². The molecule has 1 saturated heterocycles. The number of halogens is 3. The second kappa shape index (κ2) is 5.42. The van der Waals surface area contributed by atoms with Crippen LogP contribution in [0.5, 0.6) is 5.75 Å². The van der Waals surface area contributed by atoms with Gasteiger partial charge in [-0.15, -0.1) is 0 Å². The van der Waals surface area contributed by atoms with Crippen LogP contribution in [0.15, 0.2) is 12.1 Å². The van der Waals surface area contributed by atoms with Gasteiger partial charge in [0.25, 0.3) is 0 Å². The highest BCUT2D eigenvalue weighted by molar-refractivity contribution is 5.70. The molecule has 20 heavy (non-hydrogen) atoms. The molecule has 1 heterocycles. The summed E-state index contributed by atoms with van der Waals surface area (Å²) in [6, 6.07) is 2.29. The van der Waals surface area contributed by atoms with E-state index >= 15 is 0 Å². The fourth-order valence-electron chi connectivity index (χ4n) is 2.37. The molecule has 0 saturated carbocycles. The second-order valence-corrected chi connectivity index (χ2v) is 5.87. The van der Waals surface area contributed by atoms with Gasteiger partial charge in [0.05, 0.1) is 11.4 Å². The van der Waals surface area contributed by atoms with E-state index in [9.17, 15) is 13.2 Å². The fraction of sp³-hybridized carbons (Fsp3) is 0.571. The Morgan fingerprint density at radius 3 is 2.40 bits per heavy atom. The normalized spacial score (nSPS) is 18.4. The van der Waals surface area contributed by atoms with E-state index in [-0.39, 0.29) is 11.1 Å². The van der Waals surface area contributed by atoms with Crippen molar-refractivity contribution in [1.82, 2.24) is 0 Å². The maximum atomic E-state index is 13.5. The first-order valence-electron chi connectivity index (χ1n) is 6.57. The summed E-state index contributed by atoms with van der Waals surface area (Å²) in [5, 5.41) is 0. The zero-order valence-electron chi connectivity index (χ0n) is 11.6. The quantitative estimate of drug-likeness (QED) is 0.863. The van der Waals surface area contributed by atoms with E-state index in [2.05, 4.69) is 18.6 Å². The zero-order chi connectivity index (χ0) is 14.9. The van der Waals surface area contributed by atoms with Gasteiger partial charge < -0.3 is 15.4 Å². The highest BCUT2D eigenvalue weighted by atomic mass is 19.3. The Labute approximate surface area is 116 Å². The molecule has 2 N–H and O–H groups in total. The Balaban J connectivity index is 2.23. The van der Waals surface area contributed by atoms with Crippen molar-refractivity contribution in [2.24, 2.45) is 5.41 Å². The summed E-state index contributed by atoms with van der Waals surface area (Å²) in [7, 11) is 0. The third-order valence-electron chi connectivity index (χ3n) is 3.75. The van der Waals surface area contributed by atoms with Crippen LogP contribution in [0.4, 0.5) is 24.5 Å². The Kier molecular flexibility index (Phi) is 4.01. The predicted molar refractivity (Wildman–Crippen MR) is 72.7 cm³/mol. The molecule has 0 amide bonds. The summed E-state index contributed by atoms with van der Waals surface area (Å²) in [5.74, 6) is -1.34. The molecule has 0 aliphatic carbocycles. The van der Waals surface area contributed by atoms with Crippen LogP contribution >= 0.6 is 0 Å². The first kappa shape index (κ1) is 14.8. The summed E-state index contributed by atoms with van der Waals surface area (Å²) in [6.45, 7) is 2.84. The summed E-state index contributed by atoms with van der Waals surface area (Å²) in [4.78, 5) is 1.98. The summed E-state index contributed by atoms with van der Waals surface area (Å²) >= 11 is 0. The molecule has 0 spiro atoms. The number of anilines is 2. The third-order valence-corrected chi connectivity index (χ3v) is 3.75.